The summed E-state index contributed by atoms with van der Waals surface area (Å²) in [6.45, 7) is 4.71. The van der Waals surface area contributed by atoms with Crippen molar-refractivity contribution in [2.24, 2.45) is 0 Å². The molecule has 0 atom stereocenters. The Balaban J connectivity index is 1.14. The number of hydrogen-bond donors (Lipinski definition) is 0. The predicted molar refractivity (Wildman–Crippen MR) is 230 cm³/mol. The van der Waals surface area contributed by atoms with Crippen LogP contribution in [0.4, 0.5) is 17.1 Å². The lowest BCUT2D eigenvalue weighted by atomic mass is 9.82. The summed E-state index contributed by atoms with van der Waals surface area (Å²) in [5.41, 5.74) is 16.0. The number of fused-ring (bicyclic) bond motifs is 5. The van der Waals surface area contributed by atoms with Crippen LogP contribution in [0, 0.1) is 0 Å². The minimum absolute atomic E-state index is 0.102. The fraction of sp³-hybridized carbons (Fsp3) is 0.0566. The number of hydrogen-bond acceptors (Lipinski definition) is 1. The lowest BCUT2D eigenvalue weighted by Gasteiger charge is -2.29. The van der Waals surface area contributed by atoms with Gasteiger partial charge in [0.15, 0.2) is 0 Å². The van der Waals surface area contributed by atoms with Crippen LogP contribution in [0.2, 0.25) is 0 Å². The van der Waals surface area contributed by atoms with Crippen LogP contribution >= 0.6 is 0 Å². The second-order valence-corrected chi connectivity index (χ2v) is 14.9. The van der Waals surface area contributed by atoms with E-state index in [1.807, 2.05) is 0 Å². The van der Waals surface area contributed by atoms with Crippen LogP contribution in [-0.4, -0.2) is 0 Å². The molecule has 1 aliphatic rings. The molecule has 0 unspecified atom stereocenters. The van der Waals surface area contributed by atoms with E-state index < -0.39 is 0 Å². The summed E-state index contributed by atoms with van der Waals surface area (Å²) in [4.78, 5) is 2.46. The van der Waals surface area contributed by atoms with Gasteiger partial charge in [-0.3, -0.25) is 0 Å². The summed E-state index contributed by atoms with van der Waals surface area (Å²) >= 11 is 0. The largest absolute Gasteiger partial charge is 0.310 e. The molecule has 256 valence electrons. The van der Waals surface area contributed by atoms with Crippen LogP contribution in [0.15, 0.2) is 200 Å². The highest BCUT2D eigenvalue weighted by atomic mass is 15.1. The van der Waals surface area contributed by atoms with E-state index in [0.29, 0.717) is 0 Å². The van der Waals surface area contributed by atoms with Gasteiger partial charge in [-0.15, -0.1) is 0 Å². The molecule has 0 saturated carbocycles. The Kier molecular flexibility index (Phi) is 7.56. The van der Waals surface area contributed by atoms with Crippen molar-refractivity contribution in [3.8, 4) is 44.5 Å². The number of nitrogens with zero attached hydrogens (tertiary/aromatic N) is 1. The number of anilines is 3. The van der Waals surface area contributed by atoms with E-state index in [1.165, 1.54) is 82.9 Å². The Morgan fingerprint density at radius 3 is 1.76 bits per heavy atom. The van der Waals surface area contributed by atoms with Crippen LogP contribution in [0.1, 0.15) is 25.0 Å². The van der Waals surface area contributed by atoms with E-state index >= 15 is 0 Å². The molecule has 0 N–H and O–H groups in total. The summed E-state index contributed by atoms with van der Waals surface area (Å²) in [6, 6.07) is 73.4. The Hall–Kier alpha value is -6.70. The highest BCUT2D eigenvalue weighted by Crippen LogP contribution is 2.54. The van der Waals surface area contributed by atoms with Gasteiger partial charge in [-0.25, -0.2) is 0 Å². The number of rotatable bonds is 6. The van der Waals surface area contributed by atoms with Crippen molar-refractivity contribution >= 4 is 38.6 Å². The third-order valence-corrected chi connectivity index (χ3v) is 11.5. The van der Waals surface area contributed by atoms with Gasteiger partial charge in [-0.2, -0.15) is 0 Å². The third-order valence-electron chi connectivity index (χ3n) is 11.5. The molecule has 10 rings (SSSR count). The Labute approximate surface area is 317 Å². The van der Waals surface area contributed by atoms with Crippen LogP contribution in [0.25, 0.3) is 66.1 Å². The zero-order valence-corrected chi connectivity index (χ0v) is 30.5. The lowest BCUT2D eigenvalue weighted by molar-refractivity contribution is 0.660. The Morgan fingerprint density at radius 1 is 0.352 bits per heavy atom. The predicted octanol–water partition coefficient (Wildman–Crippen LogP) is 14.8. The van der Waals surface area contributed by atoms with E-state index in [4.69, 9.17) is 0 Å². The van der Waals surface area contributed by atoms with Crippen LogP contribution < -0.4 is 4.90 Å². The molecular weight excluding hydrogens is 651 g/mol. The third kappa shape index (κ3) is 5.24. The summed E-state index contributed by atoms with van der Waals surface area (Å²) < 4.78 is 0. The van der Waals surface area contributed by atoms with Gasteiger partial charge in [0.05, 0.1) is 5.69 Å². The van der Waals surface area contributed by atoms with Crippen molar-refractivity contribution in [2.45, 2.75) is 19.3 Å². The quantitative estimate of drug-likeness (QED) is 0.168. The second-order valence-electron chi connectivity index (χ2n) is 14.9. The zero-order valence-electron chi connectivity index (χ0n) is 30.5. The molecule has 0 heterocycles. The molecule has 0 aromatic heterocycles. The van der Waals surface area contributed by atoms with Crippen LogP contribution in [-0.2, 0) is 5.41 Å². The van der Waals surface area contributed by atoms with Gasteiger partial charge in [-0.05, 0) is 108 Å². The molecule has 0 saturated heterocycles. The molecule has 1 heteroatoms. The summed E-state index contributed by atoms with van der Waals surface area (Å²) in [5, 5.41) is 5.01. The maximum Gasteiger partial charge on any atom is 0.0543 e. The van der Waals surface area contributed by atoms with Gasteiger partial charge >= 0.3 is 0 Å². The molecule has 1 aliphatic carbocycles. The maximum absolute atomic E-state index is 2.46. The van der Waals surface area contributed by atoms with Crippen molar-refractivity contribution in [3.05, 3.63) is 211 Å². The normalized spacial score (nSPS) is 12.8. The average molecular weight is 690 g/mol. The SMILES string of the molecule is CC1(C)c2ccccc2-c2c(N(c3ccc(-c4ccccc4-c4ccc5ccccc5c4)cc3)c3cccc(-c4cccc5ccccc45)c3)cccc21. The van der Waals surface area contributed by atoms with Crippen LogP contribution in [0.3, 0.4) is 0 Å². The lowest BCUT2D eigenvalue weighted by Crippen LogP contribution is -2.16. The average Bonchev–Trinajstić information content (AvgIpc) is 3.47. The van der Waals surface area contributed by atoms with Crippen molar-refractivity contribution in [3.63, 3.8) is 0 Å². The molecule has 9 aromatic rings. The van der Waals surface area contributed by atoms with Crippen LogP contribution in [0.5, 0.6) is 0 Å². The standard InChI is InChI=1S/C53H39N/c1-53(2)49-25-10-9-23-48(49)52-50(53)26-13-27-51(52)54(43-19-11-18-40(35-43)47-24-12-17-37-15-5-6-20-44(37)47)42-32-30-38(31-33-42)45-21-7-8-22-46(45)41-29-28-36-14-3-4-16-39(36)34-41/h3-35H,1-2H3. The van der Waals surface area contributed by atoms with Gasteiger partial charge < -0.3 is 4.90 Å². The summed E-state index contributed by atoms with van der Waals surface area (Å²) in [7, 11) is 0. The first-order valence-electron chi connectivity index (χ1n) is 18.8. The molecule has 0 aliphatic heterocycles. The van der Waals surface area contributed by atoms with Gasteiger partial charge in [0.25, 0.3) is 0 Å². The van der Waals surface area contributed by atoms with Gasteiger partial charge in [0.2, 0.25) is 0 Å². The molecule has 1 nitrogen and oxygen atoms in total. The van der Waals surface area contributed by atoms with Crippen molar-refractivity contribution in [2.75, 3.05) is 4.90 Å². The van der Waals surface area contributed by atoms with Gasteiger partial charge in [0.1, 0.15) is 0 Å². The van der Waals surface area contributed by atoms with E-state index in [-0.39, 0.29) is 5.41 Å². The molecule has 0 bridgehead atoms. The molecule has 0 amide bonds. The topological polar surface area (TPSA) is 3.24 Å². The first kappa shape index (κ1) is 32.0. The first-order valence-corrected chi connectivity index (χ1v) is 18.8. The van der Waals surface area contributed by atoms with Crippen molar-refractivity contribution in [1.29, 1.82) is 0 Å². The van der Waals surface area contributed by atoms with E-state index in [9.17, 15) is 0 Å². The van der Waals surface area contributed by atoms with Gasteiger partial charge in [-0.1, -0.05) is 178 Å². The Morgan fingerprint density at radius 2 is 0.926 bits per heavy atom. The molecule has 54 heavy (non-hydrogen) atoms. The zero-order chi connectivity index (χ0) is 36.2. The highest BCUT2D eigenvalue weighted by molar-refractivity contribution is 5.99. The minimum Gasteiger partial charge on any atom is -0.310 e. The second kappa shape index (κ2) is 12.8. The van der Waals surface area contributed by atoms with E-state index in [0.717, 1.165) is 11.4 Å². The van der Waals surface area contributed by atoms with E-state index in [1.54, 1.807) is 0 Å². The fourth-order valence-corrected chi connectivity index (χ4v) is 8.77. The van der Waals surface area contributed by atoms with E-state index in [2.05, 4.69) is 219 Å². The summed E-state index contributed by atoms with van der Waals surface area (Å²) in [6.07, 6.45) is 0. The highest BCUT2D eigenvalue weighted by Gasteiger charge is 2.37. The molecule has 0 fully saturated rings. The number of benzene rings is 9. The first-order chi connectivity index (χ1) is 26.5. The summed E-state index contributed by atoms with van der Waals surface area (Å²) in [5.74, 6) is 0. The van der Waals surface area contributed by atoms with Crippen molar-refractivity contribution < 1.29 is 0 Å². The fourth-order valence-electron chi connectivity index (χ4n) is 8.77. The maximum atomic E-state index is 2.46. The smallest absolute Gasteiger partial charge is 0.0543 e. The molecule has 9 aromatic carbocycles. The monoisotopic (exact) mass is 689 g/mol. The molecule has 0 spiro atoms. The Bertz CT molecular complexity index is 2850. The molecular formula is C53H39N. The molecule has 0 radical (unpaired) electrons. The van der Waals surface area contributed by atoms with Gasteiger partial charge in [0, 0.05) is 22.4 Å². The minimum atomic E-state index is -0.102. The van der Waals surface area contributed by atoms with Crippen molar-refractivity contribution in [1.82, 2.24) is 0 Å².